The van der Waals surface area contributed by atoms with Gasteiger partial charge in [-0.15, -0.1) is 0 Å². The third kappa shape index (κ3) is 5.01. The van der Waals surface area contributed by atoms with Crippen molar-refractivity contribution in [1.29, 1.82) is 0 Å². The van der Waals surface area contributed by atoms with Crippen LogP contribution >= 0.6 is 12.2 Å². The van der Waals surface area contributed by atoms with Crippen molar-refractivity contribution in [3.63, 3.8) is 0 Å². The van der Waals surface area contributed by atoms with Gasteiger partial charge in [-0.2, -0.15) is 0 Å². The number of benzene rings is 1. The van der Waals surface area contributed by atoms with Gasteiger partial charge in [0.05, 0.1) is 18.7 Å². The Balaban J connectivity index is 1.77. The first-order valence-corrected chi connectivity index (χ1v) is 11.1. The molecular formula is C23H31N3O3S. The molecule has 162 valence electrons. The van der Waals surface area contributed by atoms with Gasteiger partial charge in [-0.3, -0.25) is 4.79 Å². The summed E-state index contributed by atoms with van der Waals surface area (Å²) in [5.41, 5.74) is 2.87. The number of ether oxygens (including phenoxy) is 1. The summed E-state index contributed by atoms with van der Waals surface area (Å²) in [6, 6.07) is 7.13. The lowest BCUT2D eigenvalue weighted by atomic mass is 9.94. The normalized spacial score (nSPS) is 19.6. The Kier molecular flexibility index (Phi) is 7.48. The van der Waals surface area contributed by atoms with Gasteiger partial charge in [0.1, 0.15) is 0 Å². The van der Waals surface area contributed by atoms with E-state index in [-0.39, 0.29) is 5.91 Å². The van der Waals surface area contributed by atoms with E-state index in [0.29, 0.717) is 29.6 Å². The van der Waals surface area contributed by atoms with E-state index in [9.17, 15) is 9.59 Å². The molecule has 1 amide bonds. The van der Waals surface area contributed by atoms with E-state index in [1.54, 1.807) is 0 Å². The maximum atomic E-state index is 12.5. The van der Waals surface area contributed by atoms with Gasteiger partial charge in [0.2, 0.25) is 5.91 Å². The standard InChI is InChI=1S/C23H31N3O3S/c1-4-26-15(2)20(22(28)29-3)21(25-23(26)30)17-10-7-11-18(14-17)24-19(27)13-12-16-8-5-6-9-16/h7,10-11,14,16,21H,4-6,8-9,12-13H2,1-3H3,(H,24,27)(H,25,30)/t21-/m0/s1. The monoisotopic (exact) mass is 429 g/mol. The predicted molar refractivity (Wildman–Crippen MR) is 122 cm³/mol. The molecule has 1 aliphatic carbocycles. The minimum Gasteiger partial charge on any atom is -0.466 e. The van der Waals surface area contributed by atoms with Gasteiger partial charge in [0.15, 0.2) is 5.11 Å². The second kappa shape index (κ2) is 10.1. The Hall–Kier alpha value is -2.41. The maximum Gasteiger partial charge on any atom is 0.337 e. The summed E-state index contributed by atoms with van der Waals surface area (Å²) in [6.45, 7) is 4.51. The van der Waals surface area contributed by atoms with Crippen molar-refractivity contribution in [2.24, 2.45) is 5.92 Å². The van der Waals surface area contributed by atoms with Crippen molar-refractivity contribution in [1.82, 2.24) is 10.2 Å². The van der Waals surface area contributed by atoms with Crippen LogP contribution in [0.3, 0.4) is 0 Å². The van der Waals surface area contributed by atoms with Gasteiger partial charge in [-0.1, -0.05) is 37.8 Å². The van der Waals surface area contributed by atoms with E-state index in [0.717, 1.165) is 23.4 Å². The molecule has 1 fully saturated rings. The number of methoxy groups -OCH3 is 1. The Labute approximate surface area is 184 Å². The largest absolute Gasteiger partial charge is 0.466 e. The molecule has 1 saturated carbocycles. The molecule has 0 aromatic heterocycles. The molecule has 3 rings (SSSR count). The second-order valence-corrected chi connectivity index (χ2v) is 8.37. The van der Waals surface area contributed by atoms with E-state index in [4.69, 9.17) is 17.0 Å². The zero-order valence-electron chi connectivity index (χ0n) is 18.0. The van der Waals surface area contributed by atoms with Gasteiger partial charge in [0.25, 0.3) is 0 Å². The molecule has 30 heavy (non-hydrogen) atoms. The first-order chi connectivity index (χ1) is 14.4. The summed E-state index contributed by atoms with van der Waals surface area (Å²) in [6.07, 6.45) is 6.55. The average Bonchev–Trinajstić information content (AvgIpc) is 3.25. The van der Waals surface area contributed by atoms with Crippen LogP contribution in [-0.4, -0.2) is 35.5 Å². The highest BCUT2D eigenvalue weighted by Crippen LogP contribution is 2.32. The van der Waals surface area contributed by atoms with E-state index >= 15 is 0 Å². The third-order valence-electron chi connectivity index (χ3n) is 6.08. The van der Waals surface area contributed by atoms with Crippen LogP contribution in [0.25, 0.3) is 0 Å². The van der Waals surface area contributed by atoms with Crippen LogP contribution in [0, 0.1) is 5.92 Å². The van der Waals surface area contributed by atoms with Crippen molar-refractivity contribution < 1.29 is 14.3 Å². The summed E-state index contributed by atoms with van der Waals surface area (Å²) in [7, 11) is 1.38. The van der Waals surface area contributed by atoms with Crippen LogP contribution in [0.1, 0.15) is 64.0 Å². The van der Waals surface area contributed by atoms with Gasteiger partial charge >= 0.3 is 5.97 Å². The summed E-state index contributed by atoms with van der Waals surface area (Å²) in [5.74, 6) is 0.326. The fourth-order valence-corrected chi connectivity index (χ4v) is 4.82. The zero-order valence-corrected chi connectivity index (χ0v) is 18.8. The topological polar surface area (TPSA) is 70.7 Å². The highest BCUT2D eigenvalue weighted by molar-refractivity contribution is 7.80. The number of esters is 1. The van der Waals surface area contributed by atoms with E-state index in [2.05, 4.69) is 10.6 Å². The Morgan fingerprint density at radius 1 is 1.30 bits per heavy atom. The van der Waals surface area contributed by atoms with Crippen LogP contribution in [-0.2, 0) is 14.3 Å². The Bertz CT molecular complexity index is 846. The fraction of sp³-hybridized carbons (Fsp3) is 0.522. The number of hydrogen-bond donors (Lipinski definition) is 2. The molecule has 2 aliphatic rings. The molecule has 1 aliphatic heterocycles. The number of hydrogen-bond acceptors (Lipinski definition) is 4. The number of thiocarbonyl (C=S) groups is 1. The number of nitrogens with one attached hydrogen (secondary N) is 2. The lowest BCUT2D eigenvalue weighted by molar-refractivity contribution is -0.136. The van der Waals surface area contributed by atoms with Crippen LogP contribution in [0.2, 0.25) is 0 Å². The number of rotatable bonds is 7. The molecule has 0 spiro atoms. The first-order valence-electron chi connectivity index (χ1n) is 10.7. The number of allylic oxidation sites excluding steroid dienone is 1. The molecule has 0 bridgehead atoms. The van der Waals surface area contributed by atoms with Crippen molar-refractivity contribution in [2.45, 2.75) is 58.4 Å². The van der Waals surface area contributed by atoms with E-state index < -0.39 is 12.0 Å². The average molecular weight is 430 g/mol. The number of nitrogens with zero attached hydrogens (tertiary/aromatic N) is 1. The molecule has 2 N–H and O–H groups in total. The summed E-state index contributed by atoms with van der Waals surface area (Å²) in [5, 5.41) is 6.83. The third-order valence-corrected chi connectivity index (χ3v) is 6.41. The van der Waals surface area contributed by atoms with Crippen molar-refractivity contribution in [2.75, 3.05) is 19.0 Å². The molecule has 0 saturated heterocycles. The molecule has 0 unspecified atom stereocenters. The smallest absolute Gasteiger partial charge is 0.337 e. The Morgan fingerprint density at radius 3 is 2.70 bits per heavy atom. The lowest BCUT2D eigenvalue weighted by Gasteiger charge is -2.37. The van der Waals surface area contributed by atoms with Crippen LogP contribution in [0.5, 0.6) is 0 Å². The van der Waals surface area contributed by atoms with Gasteiger partial charge in [0, 0.05) is 24.4 Å². The SMILES string of the molecule is CCN1C(=S)N[C@@H](c2cccc(NC(=O)CCC3CCCC3)c2)C(C(=O)OC)=C1C. The fourth-order valence-electron chi connectivity index (χ4n) is 4.44. The molecule has 1 aromatic carbocycles. The van der Waals surface area contributed by atoms with Crippen LogP contribution in [0.4, 0.5) is 5.69 Å². The van der Waals surface area contributed by atoms with Gasteiger partial charge in [-0.25, -0.2) is 4.79 Å². The van der Waals surface area contributed by atoms with Crippen molar-refractivity contribution in [3.05, 3.63) is 41.1 Å². The van der Waals surface area contributed by atoms with Gasteiger partial charge < -0.3 is 20.3 Å². The first kappa shape index (κ1) is 22.3. The summed E-state index contributed by atoms with van der Waals surface area (Å²) in [4.78, 5) is 26.8. The molecule has 7 heteroatoms. The number of carbonyl (C=O) groups excluding carboxylic acids is 2. The molecule has 1 heterocycles. The van der Waals surface area contributed by atoms with Crippen LogP contribution < -0.4 is 10.6 Å². The summed E-state index contributed by atoms with van der Waals surface area (Å²) >= 11 is 5.50. The lowest BCUT2D eigenvalue weighted by Crippen LogP contribution is -2.47. The minimum absolute atomic E-state index is 0.0308. The second-order valence-electron chi connectivity index (χ2n) is 7.98. The van der Waals surface area contributed by atoms with Crippen molar-refractivity contribution in [3.8, 4) is 0 Å². The molecule has 0 radical (unpaired) electrons. The molecular weight excluding hydrogens is 398 g/mol. The molecule has 1 aromatic rings. The molecule has 6 nitrogen and oxygen atoms in total. The van der Waals surface area contributed by atoms with Crippen molar-refractivity contribution >= 4 is 34.9 Å². The van der Waals surface area contributed by atoms with E-state index in [1.807, 2.05) is 43.0 Å². The number of carbonyl (C=O) groups is 2. The maximum absolute atomic E-state index is 12.5. The predicted octanol–water partition coefficient (Wildman–Crippen LogP) is 4.29. The Morgan fingerprint density at radius 2 is 2.03 bits per heavy atom. The van der Waals surface area contributed by atoms with Crippen LogP contribution in [0.15, 0.2) is 35.5 Å². The number of anilines is 1. The quantitative estimate of drug-likeness (QED) is 0.498. The summed E-state index contributed by atoms with van der Waals surface area (Å²) < 4.78 is 5.04. The zero-order chi connectivity index (χ0) is 21.7. The molecule has 1 atom stereocenters. The van der Waals surface area contributed by atoms with E-state index in [1.165, 1.54) is 32.8 Å². The van der Waals surface area contributed by atoms with Gasteiger partial charge in [-0.05, 0) is 56.1 Å². The highest BCUT2D eigenvalue weighted by atomic mass is 32.1. The minimum atomic E-state index is -0.428. The highest BCUT2D eigenvalue weighted by Gasteiger charge is 2.34. The number of amides is 1.